The molecule has 0 fully saturated rings. The molecule has 0 unspecified atom stereocenters. The lowest BCUT2D eigenvalue weighted by atomic mass is 10.2. The molecule has 0 N–H and O–H groups in total. The van der Waals surface area contributed by atoms with Crippen LogP contribution in [0.5, 0.6) is 0 Å². The number of pyridine rings is 1. The second kappa shape index (κ2) is 7.39. The molecule has 0 saturated heterocycles. The summed E-state index contributed by atoms with van der Waals surface area (Å²) in [6.45, 7) is 4.12. The van der Waals surface area contributed by atoms with Crippen molar-refractivity contribution in [3.8, 4) is 17.1 Å². The van der Waals surface area contributed by atoms with E-state index in [2.05, 4.69) is 49.2 Å². The standard InChI is InChI=1S/C19H17N5S2/c1-13-6-3-4-8-17(13)24-18(15-7-5-9-20-10-15)22-23-19(24)26-12-16-11-25-14(2)21-16/h3-11H,12H2,1-2H3. The zero-order chi connectivity index (χ0) is 17.9. The first-order valence-corrected chi connectivity index (χ1v) is 10.0. The lowest BCUT2D eigenvalue weighted by Crippen LogP contribution is -2.02. The van der Waals surface area contributed by atoms with Gasteiger partial charge in [0.05, 0.1) is 16.4 Å². The summed E-state index contributed by atoms with van der Waals surface area (Å²) in [6, 6.07) is 12.2. The van der Waals surface area contributed by atoms with Crippen molar-refractivity contribution < 1.29 is 0 Å². The summed E-state index contributed by atoms with van der Waals surface area (Å²) in [7, 11) is 0. The summed E-state index contributed by atoms with van der Waals surface area (Å²) in [5.74, 6) is 1.56. The topological polar surface area (TPSA) is 56.5 Å². The molecule has 0 aliphatic rings. The molecule has 3 aromatic heterocycles. The van der Waals surface area contributed by atoms with Crippen LogP contribution in [0.25, 0.3) is 17.1 Å². The first kappa shape index (κ1) is 16.9. The van der Waals surface area contributed by atoms with Gasteiger partial charge in [-0.05, 0) is 37.6 Å². The fourth-order valence-electron chi connectivity index (χ4n) is 2.69. The number of nitrogens with zero attached hydrogens (tertiary/aromatic N) is 5. The maximum atomic E-state index is 4.54. The Kier molecular flexibility index (Phi) is 4.81. The van der Waals surface area contributed by atoms with E-state index in [9.17, 15) is 0 Å². The van der Waals surface area contributed by atoms with Gasteiger partial charge in [0, 0.05) is 29.1 Å². The van der Waals surface area contributed by atoms with Crippen molar-refractivity contribution in [2.24, 2.45) is 0 Å². The minimum absolute atomic E-state index is 0.765. The molecule has 1 aromatic carbocycles. The molecular formula is C19H17N5S2. The van der Waals surface area contributed by atoms with Gasteiger partial charge in [0.1, 0.15) is 0 Å². The number of thioether (sulfide) groups is 1. The van der Waals surface area contributed by atoms with Crippen molar-refractivity contribution in [1.29, 1.82) is 0 Å². The monoisotopic (exact) mass is 379 g/mol. The van der Waals surface area contributed by atoms with Gasteiger partial charge in [-0.3, -0.25) is 9.55 Å². The predicted octanol–water partition coefficient (Wildman–Crippen LogP) is 4.69. The van der Waals surface area contributed by atoms with Crippen molar-refractivity contribution in [1.82, 2.24) is 24.7 Å². The summed E-state index contributed by atoms with van der Waals surface area (Å²) >= 11 is 3.31. The molecule has 3 heterocycles. The second-order valence-corrected chi connectivity index (χ2v) is 7.82. The zero-order valence-electron chi connectivity index (χ0n) is 14.5. The van der Waals surface area contributed by atoms with E-state index >= 15 is 0 Å². The molecule has 5 nitrogen and oxygen atoms in total. The minimum atomic E-state index is 0.765. The highest BCUT2D eigenvalue weighted by Crippen LogP contribution is 2.30. The number of thiazole rings is 1. The van der Waals surface area contributed by atoms with Gasteiger partial charge in [0.2, 0.25) is 0 Å². The van der Waals surface area contributed by atoms with Crippen LogP contribution < -0.4 is 0 Å². The first-order valence-electron chi connectivity index (χ1n) is 8.18. The van der Waals surface area contributed by atoms with E-state index in [1.807, 2.05) is 37.4 Å². The van der Waals surface area contributed by atoms with E-state index in [-0.39, 0.29) is 0 Å². The fraction of sp³-hybridized carbons (Fsp3) is 0.158. The largest absolute Gasteiger partial charge is 0.270 e. The molecule has 0 radical (unpaired) electrons. The van der Waals surface area contributed by atoms with E-state index in [1.165, 1.54) is 5.56 Å². The molecule has 0 amide bonds. The van der Waals surface area contributed by atoms with Crippen molar-refractivity contribution in [3.05, 3.63) is 70.4 Å². The quantitative estimate of drug-likeness (QED) is 0.471. The third-order valence-electron chi connectivity index (χ3n) is 3.93. The molecule has 0 aliphatic carbocycles. The molecule has 0 saturated carbocycles. The number of rotatable bonds is 5. The van der Waals surface area contributed by atoms with Gasteiger partial charge in [0.25, 0.3) is 0 Å². The Morgan fingerprint density at radius 2 is 1.96 bits per heavy atom. The van der Waals surface area contributed by atoms with Crippen LogP contribution in [0.1, 0.15) is 16.3 Å². The SMILES string of the molecule is Cc1nc(CSc2nnc(-c3cccnc3)n2-c2ccccc2C)cs1. The number of hydrogen-bond acceptors (Lipinski definition) is 6. The van der Waals surface area contributed by atoms with Gasteiger partial charge in [0.15, 0.2) is 11.0 Å². The summed E-state index contributed by atoms with van der Waals surface area (Å²) in [4.78, 5) is 8.77. The molecule has 4 rings (SSSR count). The van der Waals surface area contributed by atoms with Gasteiger partial charge in [-0.2, -0.15) is 0 Å². The molecule has 0 atom stereocenters. The van der Waals surface area contributed by atoms with Crippen LogP contribution in [0.4, 0.5) is 0 Å². The number of hydrogen-bond donors (Lipinski definition) is 0. The van der Waals surface area contributed by atoms with Crippen LogP contribution in [0, 0.1) is 13.8 Å². The average molecular weight is 380 g/mol. The summed E-state index contributed by atoms with van der Waals surface area (Å²) in [6.07, 6.45) is 3.58. The minimum Gasteiger partial charge on any atom is -0.270 e. The van der Waals surface area contributed by atoms with Gasteiger partial charge >= 0.3 is 0 Å². The zero-order valence-corrected chi connectivity index (χ0v) is 16.1. The van der Waals surface area contributed by atoms with Crippen molar-refractivity contribution in [2.75, 3.05) is 0 Å². The van der Waals surface area contributed by atoms with Crippen molar-refractivity contribution >= 4 is 23.1 Å². The second-order valence-electron chi connectivity index (χ2n) is 5.82. The lowest BCUT2D eigenvalue weighted by molar-refractivity contribution is 0.879. The molecule has 0 spiro atoms. The Morgan fingerprint density at radius 3 is 2.69 bits per heavy atom. The third-order valence-corrected chi connectivity index (χ3v) is 5.71. The summed E-state index contributed by atoms with van der Waals surface area (Å²) in [5.41, 5.74) is 4.26. The molecular weight excluding hydrogens is 362 g/mol. The van der Waals surface area contributed by atoms with E-state index < -0.39 is 0 Å². The molecule has 4 aromatic rings. The molecule has 26 heavy (non-hydrogen) atoms. The number of para-hydroxylation sites is 1. The highest BCUT2D eigenvalue weighted by molar-refractivity contribution is 7.98. The lowest BCUT2D eigenvalue weighted by Gasteiger charge is -2.12. The summed E-state index contributed by atoms with van der Waals surface area (Å²) < 4.78 is 2.11. The van der Waals surface area contributed by atoms with Crippen molar-refractivity contribution in [3.63, 3.8) is 0 Å². The highest BCUT2D eigenvalue weighted by Gasteiger charge is 2.17. The van der Waals surface area contributed by atoms with E-state index in [4.69, 9.17) is 0 Å². The number of aryl methyl sites for hydroxylation is 2. The fourth-order valence-corrected chi connectivity index (χ4v) is 4.25. The normalized spacial score (nSPS) is 11.0. The Hall–Kier alpha value is -2.51. The third kappa shape index (κ3) is 3.40. The van der Waals surface area contributed by atoms with Crippen molar-refractivity contribution in [2.45, 2.75) is 24.8 Å². The average Bonchev–Trinajstić information content (AvgIpc) is 3.27. The first-order chi connectivity index (χ1) is 12.7. The highest BCUT2D eigenvalue weighted by atomic mass is 32.2. The Bertz CT molecular complexity index is 1020. The maximum Gasteiger partial charge on any atom is 0.196 e. The maximum absolute atomic E-state index is 4.54. The van der Waals surface area contributed by atoms with E-state index in [0.717, 1.165) is 38.7 Å². The van der Waals surface area contributed by atoms with Gasteiger partial charge in [-0.15, -0.1) is 21.5 Å². The molecule has 130 valence electrons. The summed E-state index contributed by atoms with van der Waals surface area (Å²) in [5, 5.41) is 12.9. The molecule has 0 aliphatic heterocycles. The van der Waals surface area contributed by atoms with Crippen LogP contribution in [0.3, 0.4) is 0 Å². The van der Waals surface area contributed by atoms with Gasteiger partial charge in [-0.25, -0.2) is 4.98 Å². The number of aromatic nitrogens is 5. The van der Waals surface area contributed by atoms with Crippen LogP contribution in [-0.4, -0.2) is 24.7 Å². The van der Waals surface area contributed by atoms with Crippen LogP contribution in [0.15, 0.2) is 59.3 Å². The van der Waals surface area contributed by atoms with Gasteiger partial charge in [-0.1, -0.05) is 30.0 Å². The molecule has 0 bridgehead atoms. The van der Waals surface area contributed by atoms with Crippen LogP contribution in [0.2, 0.25) is 0 Å². The Labute approximate surface area is 160 Å². The smallest absolute Gasteiger partial charge is 0.196 e. The van der Waals surface area contributed by atoms with E-state index in [1.54, 1.807) is 29.3 Å². The van der Waals surface area contributed by atoms with Crippen LogP contribution in [-0.2, 0) is 5.75 Å². The Morgan fingerprint density at radius 1 is 1.08 bits per heavy atom. The number of benzene rings is 1. The van der Waals surface area contributed by atoms with Crippen LogP contribution >= 0.6 is 23.1 Å². The Balaban J connectivity index is 1.77. The molecule has 7 heteroatoms. The van der Waals surface area contributed by atoms with E-state index in [0.29, 0.717) is 0 Å². The van der Waals surface area contributed by atoms with Gasteiger partial charge < -0.3 is 0 Å². The predicted molar refractivity (Wildman–Crippen MR) is 106 cm³/mol.